The molecular formula is C21H34IN5OS. The molecule has 3 rings (SSSR count). The number of urea groups is 1. The molecule has 2 heterocycles. The minimum Gasteiger partial charge on any atom is -0.352 e. The predicted octanol–water partition coefficient (Wildman–Crippen LogP) is 4.08. The molecule has 0 bridgehead atoms. The molecule has 1 unspecified atom stereocenters. The molecule has 0 saturated carbocycles. The average Bonchev–Trinajstić information content (AvgIpc) is 3.24. The SMILES string of the molecule is CN=C(NCc1cccc(NC(=O)N2CCCC2)c1)N1CCSC(C(C)C)C1.I. The van der Waals surface area contributed by atoms with Crippen molar-refractivity contribution < 1.29 is 4.79 Å². The summed E-state index contributed by atoms with van der Waals surface area (Å²) in [7, 11) is 1.85. The minimum atomic E-state index is 0. The molecule has 0 radical (unpaired) electrons. The first-order chi connectivity index (χ1) is 13.6. The van der Waals surface area contributed by atoms with Crippen molar-refractivity contribution in [3.05, 3.63) is 29.8 Å². The van der Waals surface area contributed by atoms with Crippen LogP contribution in [0.5, 0.6) is 0 Å². The van der Waals surface area contributed by atoms with Gasteiger partial charge < -0.3 is 20.4 Å². The summed E-state index contributed by atoms with van der Waals surface area (Å²) in [6.07, 6.45) is 2.20. The Bertz CT molecular complexity index is 693. The molecule has 1 atom stereocenters. The summed E-state index contributed by atoms with van der Waals surface area (Å²) in [5.41, 5.74) is 1.98. The lowest BCUT2D eigenvalue weighted by Crippen LogP contribution is -2.48. The van der Waals surface area contributed by atoms with Gasteiger partial charge in [0.15, 0.2) is 5.96 Å². The average molecular weight is 532 g/mol. The maximum Gasteiger partial charge on any atom is 0.321 e. The summed E-state index contributed by atoms with van der Waals surface area (Å²) < 4.78 is 0. The number of thioether (sulfide) groups is 1. The number of benzene rings is 1. The molecule has 1 aromatic rings. The maximum atomic E-state index is 12.3. The number of nitrogens with one attached hydrogen (secondary N) is 2. The van der Waals surface area contributed by atoms with Crippen LogP contribution < -0.4 is 10.6 Å². The van der Waals surface area contributed by atoms with Gasteiger partial charge in [0, 0.05) is 56.5 Å². The Kier molecular flexibility index (Phi) is 9.88. The highest BCUT2D eigenvalue weighted by Gasteiger charge is 2.24. The Labute approximate surface area is 196 Å². The molecule has 0 aliphatic carbocycles. The van der Waals surface area contributed by atoms with Crippen molar-refractivity contribution in [1.29, 1.82) is 0 Å². The second kappa shape index (κ2) is 11.9. The fraction of sp³-hybridized carbons (Fsp3) is 0.619. The summed E-state index contributed by atoms with van der Waals surface area (Å²) in [5.74, 6) is 2.76. The summed E-state index contributed by atoms with van der Waals surface area (Å²) >= 11 is 2.07. The lowest BCUT2D eigenvalue weighted by Gasteiger charge is -2.36. The highest BCUT2D eigenvalue weighted by Crippen LogP contribution is 2.25. The molecule has 162 valence electrons. The van der Waals surface area contributed by atoms with Crippen LogP contribution in [0.1, 0.15) is 32.3 Å². The topological polar surface area (TPSA) is 60.0 Å². The number of rotatable bonds is 4. The van der Waals surface area contributed by atoms with Gasteiger partial charge in [0.2, 0.25) is 0 Å². The second-order valence-electron chi connectivity index (χ2n) is 7.82. The van der Waals surface area contributed by atoms with Crippen LogP contribution >= 0.6 is 35.7 Å². The highest BCUT2D eigenvalue weighted by molar-refractivity contribution is 14.0. The molecule has 0 aromatic heterocycles. The number of hydrogen-bond donors (Lipinski definition) is 2. The zero-order valence-corrected chi connectivity index (χ0v) is 20.8. The first kappa shape index (κ1) is 24.1. The smallest absolute Gasteiger partial charge is 0.321 e. The Morgan fingerprint density at radius 2 is 2.00 bits per heavy atom. The van der Waals surface area contributed by atoms with E-state index in [4.69, 9.17) is 0 Å². The number of guanidine groups is 1. The van der Waals surface area contributed by atoms with E-state index in [2.05, 4.69) is 52.2 Å². The predicted molar refractivity (Wildman–Crippen MR) is 135 cm³/mol. The summed E-state index contributed by atoms with van der Waals surface area (Å²) in [6, 6.07) is 8.06. The summed E-state index contributed by atoms with van der Waals surface area (Å²) in [6.45, 7) is 9.05. The van der Waals surface area contributed by atoms with E-state index in [0.29, 0.717) is 17.7 Å². The molecule has 2 saturated heterocycles. The van der Waals surface area contributed by atoms with E-state index in [-0.39, 0.29) is 30.0 Å². The number of hydrogen-bond acceptors (Lipinski definition) is 3. The third-order valence-corrected chi connectivity index (χ3v) is 6.91. The first-order valence-electron chi connectivity index (χ1n) is 10.3. The molecule has 1 aromatic carbocycles. The Balaban J connectivity index is 0.00000300. The van der Waals surface area contributed by atoms with Crippen LogP contribution in [0.25, 0.3) is 0 Å². The second-order valence-corrected chi connectivity index (χ2v) is 9.17. The van der Waals surface area contributed by atoms with E-state index in [9.17, 15) is 4.79 Å². The molecule has 29 heavy (non-hydrogen) atoms. The third-order valence-electron chi connectivity index (χ3n) is 5.37. The number of amides is 2. The Hall–Kier alpha value is -1.16. The number of halogens is 1. The van der Waals surface area contributed by atoms with Crippen molar-refractivity contribution in [2.24, 2.45) is 10.9 Å². The van der Waals surface area contributed by atoms with Crippen molar-refractivity contribution in [2.75, 3.05) is 44.3 Å². The van der Waals surface area contributed by atoms with Crippen LogP contribution in [-0.2, 0) is 6.54 Å². The van der Waals surface area contributed by atoms with E-state index in [1.54, 1.807) is 0 Å². The van der Waals surface area contributed by atoms with Gasteiger partial charge in [-0.1, -0.05) is 26.0 Å². The normalized spacial score (nSPS) is 19.9. The third kappa shape index (κ3) is 6.94. The number of carbonyl (C=O) groups excluding carboxylic acids is 1. The van der Waals surface area contributed by atoms with Gasteiger partial charge in [0.1, 0.15) is 0 Å². The fourth-order valence-electron chi connectivity index (χ4n) is 3.67. The van der Waals surface area contributed by atoms with E-state index >= 15 is 0 Å². The van der Waals surface area contributed by atoms with Crippen molar-refractivity contribution in [1.82, 2.24) is 15.1 Å². The van der Waals surface area contributed by atoms with Crippen LogP contribution in [-0.4, -0.2) is 66.0 Å². The van der Waals surface area contributed by atoms with Gasteiger partial charge in [-0.25, -0.2) is 4.79 Å². The van der Waals surface area contributed by atoms with Gasteiger partial charge in [0.05, 0.1) is 0 Å². The molecule has 8 heteroatoms. The van der Waals surface area contributed by atoms with E-state index < -0.39 is 0 Å². The van der Waals surface area contributed by atoms with Crippen molar-refractivity contribution in [3.8, 4) is 0 Å². The van der Waals surface area contributed by atoms with E-state index in [0.717, 1.165) is 62.0 Å². The summed E-state index contributed by atoms with van der Waals surface area (Å²) in [4.78, 5) is 21.0. The lowest BCUT2D eigenvalue weighted by atomic mass is 10.1. The Morgan fingerprint density at radius 1 is 1.24 bits per heavy atom. The molecular weight excluding hydrogens is 497 g/mol. The standard InChI is InChI=1S/C21H33N5OS.HI/c1-16(2)19-15-26(11-12-28-19)20(22-3)23-14-17-7-6-8-18(13-17)24-21(27)25-9-4-5-10-25;/h6-8,13,16,19H,4-5,9-12,14-15H2,1-3H3,(H,22,23)(H,24,27);1H. The molecule has 2 amide bonds. The molecule has 2 aliphatic rings. The van der Waals surface area contributed by atoms with Crippen molar-refractivity contribution >= 4 is 53.4 Å². The molecule has 6 nitrogen and oxygen atoms in total. The van der Waals surface area contributed by atoms with Gasteiger partial charge in [-0.2, -0.15) is 11.8 Å². The molecule has 2 N–H and O–H groups in total. The van der Waals surface area contributed by atoms with Crippen LogP contribution in [0.2, 0.25) is 0 Å². The Morgan fingerprint density at radius 3 is 2.69 bits per heavy atom. The highest BCUT2D eigenvalue weighted by atomic mass is 127. The van der Waals surface area contributed by atoms with Gasteiger partial charge in [-0.15, -0.1) is 24.0 Å². The van der Waals surface area contributed by atoms with Gasteiger partial charge in [-0.3, -0.25) is 4.99 Å². The van der Waals surface area contributed by atoms with Crippen molar-refractivity contribution in [3.63, 3.8) is 0 Å². The van der Waals surface area contributed by atoms with Crippen molar-refractivity contribution in [2.45, 2.75) is 38.5 Å². The quantitative estimate of drug-likeness (QED) is 0.349. The molecule has 2 aliphatic heterocycles. The minimum absolute atomic E-state index is 0. The number of carbonyl (C=O) groups is 1. The van der Waals surface area contributed by atoms with Crippen LogP contribution in [0.4, 0.5) is 10.5 Å². The molecule has 0 spiro atoms. The lowest BCUT2D eigenvalue weighted by molar-refractivity contribution is 0.222. The molecule has 2 fully saturated rings. The monoisotopic (exact) mass is 531 g/mol. The fourth-order valence-corrected chi connectivity index (χ4v) is 4.97. The first-order valence-corrected chi connectivity index (χ1v) is 11.3. The van der Waals surface area contributed by atoms with Gasteiger partial charge >= 0.3 is 6.03 Å². The number of anilines is 1. The zero-order chi connectivity index (χ0) is 19.9. The van der Waals surface area contributed by atoms with Crippen LogP contribution in [0.3, 0.4) is 0 Å². The summed E-state index contributed by atoms with van der Waals surface area (Å²) in [5, 5.41) is 7.17. The maximum absolute atomic E-state index is 12.3. The van der Waals surface area contributed by atoms with Gasteiger partial charge in [-0.05, 0) is 36.5 Å². The number of likely N-dealkylation sites (tertiary alicyclic amines) is 1. The van der Waals surface area contributed by atoms with E-state index in [1.165, 1.54) is 0 Å². The largest absolute Gasteiger partial charge is 0.352 e. The van der Waals surface area contributed by atoms with Crippen LogP contribution in [0.15, 0.2) is 29.3 Å². The zero-order valence-electron chi connectivity index (χ0n) is 17.7. The van der Waals surface area contributed by atoms with Crippen LogP contribution in [0, 0.1) is 5.92 Å². The van der Waals surface area contributed by atoms with Gasteiger partial charge in [0.25, 0.3) is 0 Å². The van der Waals surface area contributed by atoms with E-state index in [1.807, 2.05) is 30.1 Å². The number of aliphatic imine (C=N–C) groups is 1. The number of nitrogens with zero attached hydrogens (tertiary/aromatic N) is 3.